The molecule has 33 heavy (non-hydrogen) atoms. The molecule has 0 unspecified atom stereocenters. The van der Waals surface area contributed by atoms with Gasteiger partial charge in [0.15, 0.2) is 0 Å². The van der Waals surface area contributed by atoms with Gasteiger partial charge in [0.05, 0.1) is 16.0 Å². The van der Waals surface area contributed by atoms with E-state index >= 15 is 0 Å². The quantitative estimate of drug-likeness (QED) is 0.386. The van der Waals surface area contributed by atoms with E-state index in [1.165, 1.54) is 17.0 Å². The number of hydrogen-bond donors (Lipinski definition) is 1. The van der Waals surface area contributed by atoms with Gasteiger partial charge in [-0.15, -0.1) is 0 Å². The fourth-order valence-corrected chi connectivity index (χ4v) is 4.87. The molecule has 1 N–H and O–H groups in total. The maximum Gasteiger partial charge on any atom is 0.269 e. The van der Waals surface area contributed by atoms with Crippen LogP contribution in [0.5, 0.6) is 0 Å². The van der Waals surface area contributed by atoms with Crippen molar-refractivity contribution in [2.45, 2.75) is 11.7 Å². The van der Waals surface area contributed by atoms with Crippen LogP contribution in [0.1, 0.15) is 5.56 Å². The second kappa shape index (κ2) is 9.90. The molecule has 0 spiro atoms. The molecule has 1 aliphatic rings. The smallest absolute Gasteiger partial charge is 0.269 e. The molecule has 1 aliphatic heterocycles. The van der Waals surface area contributed by atoms with Crippen molar-refractivity contribution in [1.82, 2.24) is 0 Å². The Kier molecular flexibility index (Phi) is 6.78. The van der Waals surface area contributed by atoms with Crippen LogP contribution < -0.4 is 10.2 Å². The molecule has 0 saturated carbocycles. The number of hydrogen-bond acceptors (Lipinski definition) is 4. The third kappa shape index (κ3) is 4.92. The maximum atomic E-state index is 13.4. The van der Waals surface area contributed by atoms with Crippen molar-refractivity contribution >= 4 is 46.6 Å². The number of nitriles is 1. The van der Waals surface area contributed by atoms with Crippen molar-refractivity contribution in [1.29, 1.82) is 5.26 Å². The third-order valence-corrected chi connectivity index (χ3v) is 6.57. The number of carbonyl (C=O) groups is 2. The van der Waals surface area contributed by atoms with Gasteiger partial charge in [-0.05, 0) is 48.4 Å². The van der Waals surface area contributed by atoms with Crippen molar-refractivity contribution in [3.63, 3.8) is 0 Å². The molecule has 0 radical (unpaired) electrons. The molecule has 1 fully saturated rings. The average molecular weight is 478 g/mol. The Morgan fingerprint density at radius 1 is 1.06 bits per heavy atom. The number of nitrogens with one attached hydrogen (secondary N) is 1. The molecule has 8 heteroatoms. The summed E-state index contributed by atoms with van der Waals surface area (Å²) in [5.41, 5.74) is 1.49. The van der Waals surface area contributed by atoms with E-state index in [2.05, 4.69) is 5.32 Å². The van der Waals surface area contributed by atoms with Gasteiger partial charge in [0.1, 0.15) is 22.5 Å². The van der Waals surface area contributed by atoms with Crippen molar-refractivity contribution in [3.8, 4) is 6.07 Å². The van der Waals surface area contributed by atoms with E-state index < -0.39 is 11.2 Å². The Balaban J connectivity index is 1.72. The van der Waals surface area contributed by atoms with Gasteiger partial charge < -0.3 is 5.32 Å². The van der Waals surface area contributed by atoms with Gasteiger partial charge in [-0.2, -0.15) is 5.26 Å². The van der Waals surface area contributed by atoms with Crippen molar-refractivity contribution < 1.29 is 14.0 Å². The van der Waals surface area contributed by atoms with E-state index in [9.17, 15) is 19.2 Å². The van der Waals surface area contributed by atoms with Crippen LogP contribution in [0.3, 0.4) is 0 Å². The number of carbonyl (C=O) groups excluding carboxylic acids is 2. The first-order valence-corrected chi connectivity index (χ1v) is 11.2. The normalized spacial score (nSPS) is 16.9. The summed E-state index contributed by atoms with van der Waals surface area (Å²) in [5.74, 6) is -1.29. The van der Waals surface area contributed by atoms with Gasteiger partial charge in [0.2, 0.25) is 5.91 Å². The van der Waals surface area contributed by atoms with Crippen LogP contribution in [-0.4, -0.2) is 17.1 Å². The second-order valence-corrected chi connectivity index (χ2v) is 8.77. The molecule has 0 aliphatic carbocycles. The van der Waals surface area contributed by atoms with E-state index in [0.29, 0.717) is 22.8 Å². The zero-order chi connectivity index (χ0) is 23.4. The fraction of sp³-hybridized carbons (Fsp3) is 0.0800. The van der Waals surface area contributed by atoms with Crippen LogP contribution in [0.2, 0.25) is 5.02 Å². The lowest BCUT2D eigenvalue weighted by molar-refractivity contribution is -0.117. The van der Waals surface area contributed by atoms with Crippen LogP contribution in [0.15, 0.2) is 89.5 Å². The van der Waals surface area contributed by atoms with Crippen LogP contribution >= 0.6 is 23.4 Å². The van der Waals surface area contributed by atoms with Gasteiger partial charge in [-0.3, -0.25) is 14.5 Å². The Hall–Kier alpha value is -3.60. The minimum atomic E-state index is -0.663. The van der Waals surface area contributed by atoms with Gasteiger partial charge in [-0.25, -0.2) is 4.39 Å². The molecule has 4 rings (SSSR count). The first-order chi connectivity index (χ1) is 16.0. The lowest BCUT2D eigenvalue weighted by Crippen LogP contribution is -2.30. The van der Waals surface area contributed by atoms with Gasteiger partial charge >= 0.3 is 0 Å². The topological polar surface area (TPSA) is 73.2 Å². The number of halogens is 2. The Bertz CT molecular complexity index is 1270. The van der Waals surface area contributed by atoms with Crippen molar-refractivity contribution in [3.05, 3.63) is 106 Å². The second-order valence-electron chi connectivity index (χ2n) is 7.17. The van der Waals surface area contributed by atoms with Crippen LogP contribution in [0.25, 0.3) is 0 Å². The van der Waals surface area contributed by atoms with Crippen molar-refractivity contribution in [2.75, 3.05) is 10.2 Å². The number of benzene rings is 3. The van der Waals surface area contributed by atoms with Crippen molar-refractivity contribution in [2.24, 2.45) is 0 Å². The summed E-state index contributed by atoms with van der Waals surface area (Å²) in [6.07, 6.45) is 0.321. The summed E-state index contributed by atoms with van der Waals surface area (Å²) in [5, 5.41) is 12.5. The lowest BCUT2D eigenvalue weighted by Gasteiger charge is -2.18. The zero-order valence-corrected chi connectivity index (χ0v) is 18.7. The number of amides is 2. The van der Waals surface area contributed by atoms with E-state index in [1.54, 1.807) is 60.7 Å². The summed E-state index contributed by atoms with van der Waals surface area (Å²) in [6.45, 7) is 0. The molecule has 0 bridgehead atoms. The summed E-state index contributed by atoms with van der Waals surface area (Å²) in [7, 11) is 0. The Labute approximate surface area is 199 Å². The number of para-hydroxylation sites is 2. The van der Waals surface area contributed by atoms with Crippen LogP contribution in [-0.2, 0) is 16.0 Å². The highest BCUT2D eigenvalue weighted by atomic mass is 35.5. The standard InChI is InChI=1S/C25H17ClFN3O2S/c26-20-8-4-5-9-21(20)29-23(31)19(15-28)25-30(18-6-2-1-3-7-18)24(32)22(33-25)14-16-10-12-17(27)13-11-16/h1-13,22H,14H2,(H,29,31)/b25-19+/t22-/m1/s1. The average Bonchev–Trinajstić information content (AvgIpc) is 3.13. The molecule has 3 aromatic rings. The minimum absolute atomic E-state index is 0.196. The minimum Gasteiger partial charge on any atom is -0.320 e. The summed E-state index contributed by atoms with van der Waals surface area (Å²) in [4.78, 5) is 27.8. The van der Waals surface area contributed by atoms with E-state index in [-0.39, 0.29) is 22.3 Å². The molecule has 0 aromatic heterocycles. The zero-order valence-electron chi connectivity index (χ0n) is 17.2. The Morgan fingerprint density at radius 3 is 2.39 bits per heavy atom. The SMILES string of the molecule is N#C/C(C(=O)Nc1ccccc1Cl)=C1\S[C@H](Cc2ccc(F)cc2)C(=O)N1c1ccccc1. The predicted molar refractivity (Wildman–Crippen MR) is 128 cm³/mol. The highest BCUT2D eigenvalue weighted by Gasteiger charge is 2.40. The molecular formula is C25H17ClFN3O2S. The molecule has 2 amide bonds. The van der Waals surface area contributed by atoms with E-state index in [1.807, 2.05) is 12.1 Å². The van der Waals surface area contributed by atoms with Crippen LogP contribution in [0.4, 0.5) is 15.8 Å². The van der Waals surface area contributed by atoms with Gasteiger partial charge in [-0.1, -0.05) is 65.8 Å². The molecular weight excluding hydrogens is 461 g/mol. The molecule has 1 heterocycles. The summed E-state index contributed by atoms with van der Waals surface area (Å²) >= 11 is 7.28. The number of anilines is 2. The van der Waals surface area contributed by atoms with E-state index in [0.717, 1.165) is 17.3 Å². The van der Waals surface area contributed by atoms with Gasteiger partial charge in [0, 0.05) is 5.69 Å². The largest absolute Gasteiger partial charge is 0.320 e. The highest BCUT2D eigenvalue weighted by Crippen LogP contribution is 2.42. The molecule has 3 aromatic carbocycles. The molecule has 1 saturated heterocycles. The molecule has 5 nitrogen and oxygen atoms in total. The number of rotatable bonds is 5. The maximum absolute atomic E-state index is 13.4. The lowest BCUT2D eigenvalue weighted by atomic mass is 10.1. The fourth-order valence-electron chi connectivity index (χ4n) is 3.38. The third-order valence-electron chi connectivity index (χ3n) is 4.98. The number of thioether (sulfide) groups is 1. The van der Waals surface area contributed by atoms with Gasteiger partial charge in [0.25, 0.3) is 5.91 Å². The molecule has 164 valence electrons. The first kappa shape index (κ1) is 22.6. The first-order valence-electron chi connectivity index (χ1n) is 9.98. The predicted octanol–water partition coefficient (Wildman–Crippen LogP) is 5.54. The van der Waals surface area contributed by atoms with Crippen LogP contribution in [0, 0.1) is 17.1 Å². The Morgan fingerprint density at radius 2 is 1.73 bits per heavy atom. The summed E-state index contributed by atoms with van der Waals surface area (Å²) < 4.78 is 13.3. The monoisotopic (exact) mass is 477 g/mol. The van der Waals surface area contributed by atoms with E-state index in [4.69, 9.17) is 11.6 Å². The highest BCUT2D eigenvalue weighted by molar-refractivity contribution is 8.05. The molecule has 1 atom stereocenters. The number of nitrogens with zero attached hydrogens (tertiary/aromatic N) is 2. The summed E-state index contributed by atoms with van der Waals surface area (Å²) in [6, 6.07) is 23.4.